The first-order valence-electron chi connectivity index (χ1n) is 12.1. The molecule has 4 heterocycles. The predicted octanol–water partition coefficient (Wildman–Crippen LogP) is 3.48. The van der Waals surface area contributed by atoms with Crippen molar-refractivity contribution in [3.05, 3.63) is 66.9 Å². The van der Waals surface area contributed by atoms with Gasteiger partial charge in [0.1, 0.15) is 17.6 Å². The lowest BCUT2D eigenvalue weighted by molar-refractivity contribution is -0.124. The van der Waals surface area contributed by atoms with Crippen LogP contribution in [0.1, 0.15) is 25.5 Å². The second-order valence-corrected chi connectivity index (χ2v) is 9.56. The van der Waals surface area contributed by atoms with Crippen LogP contribution in [0.4, 0.5) is 4.79 Å². The van der Waals surface area contributed by atoms with E-state index in [2.05, 4.69) is 39.4 Å². The zero-order valence-electron chi connectivity index (χ0n) is 21.0. The Bertz CT molecular complexity index is 1720. The minimum absolute atomic E-state index is 0.0232. The summed E-state index contributed by atoms with van der Waals surface area (Å²) in [6, 6.07) is 12.2. The molecule has 11 heteroatoms. The summed E-state index contributed by atoms with van der Waals surface area (Å²) < 4.78 is 8.84. The third-order valence-corrected chi connectivity index (χ3v) is 6.99. The summed E-state index contributed by atoms with van der Waals surface area (Å²) in [6.07, 6.45) is 4.96. The summed E-state index contributed by atoms with van der Waals surface area (Å²) in [4.78, 5) is 38.7. The van der Waals surface area contributed by atoms with Gasteiger partial charge in [0, 0.05) is 28.6 Å². The second-order valence-electron chi connectivity index (χ2n) is 9.56. The normalized spacial score (nSPS) is 17.4. The molecule has 1 fully saturated rings. The Kier molecular flexibility index (Phi) is 5.30. The number of benzene rings is 2. The van der Waals surface area contributed by atoms with Crippen LogP contribution in [0.25, 0.3) is 33.2 Å². The molecule has 3 amide bonds. The van der Waals surface area contributed by atoms with Gasteiger partial charge in [-0.3, -0.25) is 10.1 Å². The number of nitrogens with zero attached hydrogens (tertiary/aromatic N) is 5. The van der Waals surface area contributed by atoms with Gasteiger partial charge in [0.05, 0.1) is 25.7 Å². The summed E-state index contributed by atoms with van der Waals surface area (Å²) in [5, 5.41) is 17.5. The predicted molar refractivity (Wildman–Crippen MR) is 140 cm³/mol. The zero-order chi connectivity index (χ0) is 26.6. The van der Waals surface area contributed by atoms with Crippen molar-refractivity contribution in [2.45, 2.75) is 32.0 Å². The summed E-state index contributed by atoms with van der Waals surface area (Å²) >= 11 is 0. The van der Waals surface area contributed by atoms with Crippen LogP contribution < -0.4 is 15.4 Å². The molecule has 0 aliphatic carbocycles. The number of imide groups is 1. The number of methoxy groups -OCH3 is 1. The van der Waals surface area contributed by atoms with Gasteiger partial charge >= 0.3 is 6.03 Å². The Balaban J connectivity index is 1.42. The highest BCUT2D eigenvalue weighted by atomic mass is 16.5. The first kappa shape index (κ1) is 23.5. The molecule has 0 radical (unpaired) electrons. The zero-order valence-corrected chi connectivity index (χ0v) is 21.0. The van der Waals surface area contributed by atoms with Gasteiger partial charge in [-0.1, -0.05) is 24.3 Å². The third kappa shape index (κ3) is 3.54. The van der Waals surface area contributed by atoms with E-state index in [1.165, 1.54) is 6.33 Å². The van der Waals surface area contributed by atoms with Gasteiger partial charge in [0.2, 0.25) is 0 Å². The van der Waals surface area contributed by atoms with Crippen molar-refractivity contribution in [2.24, 2.45) is 0 Å². The standard InChI is InChI=1S/C27H25N7O4/c1-15(2)34-14-30-23-22(34)21(28-13-29-23)16-4-7-18(8-5-16)27(25(36)31-26(37)32-27)12-33-11-17-6-9-19(38-3)10-20(17)24(33)35/h4-11,13-15,35H,12H2,1-3H3,(H2,31,32,36,37)/t27-/m0/s1. The molecule has 3 aromatic heterocycles. The van der Waals surface area contributed by atoms with Crippen LogP contribution in [-0.4, -0.2) is 48.2 Å². The Morgan fingerprint density at radius 3 is 2.55 bits per heavy atom. The number of imidazole rings is 1. The van der Waals surface area contributed by atoms with Crippen molar-refractivity contribution >= 4 is 33.9 Å². The molecule has 1 saturated heterocycles. The number of fused-ring (bicyclic) bond motifs is 2. The first-order chi connectivity index (χ1) is 18.3. The van der Waals surface area contributed by atoms with Crippen molar-refractivity contribution < 1.29 is 19.4 Å². The molecular weight excluding hydrogens is 486 g/mol. The quantitative estimate of drug-likeness (QED) is 0.297. The van der Waals surface area contributed by atoms with Crippen molar-refractivity contribution in [3.63, 3.8) is 0 Å². The van der Waals surface area contributed by atoms with Gasteiger partial charge in [-0.25, -0.2) is 19.7 Å². The van der Waals surface area contributed by atoms with Crippen LogP contribution in [0.15, 0.2) is 61.3 Å². The number of rotatable bonds is 6. The monoisotopic (exact) mass is 511 g/mol. The lowest BCUT2D eigenvalue weighted by atomic mass is 9.88. The van der Waals surface area contributed by atoms with E-state index in [4.69, 9.17) is 4.74 Å². The van der Waals surface area contributed by atoms with E-state index < -0.39 is 17.5 Å². The fourth-order valence-corrected chi connectivity index (χ4v) is 5.02. The van der Waals surface area contributed by atoms with Gasteiger partial charge in [0.15, 0.2) is 17.1 Å². The fourth-order valence-electron chi connectivity index (χ4n) is 5.02. The van der Waals surface area contributed by atoms with E-state index in [9.17, 15) is 14.7 Å². The number of nitrogens with one attached hydrogen (secondary N) is 2. The largest absolute Gasteiger partial charge is 0.497 e. The Hall–Kier alpha value is -4.93. The van der Waals surface area contributed by atoms with E-state index in [0.717, 1.165) is 16.5 Å². The maximum absolute atomic E-state index is 13.2. The summed E-state index contributed by atoms with van der Waals surface area (Å²) in [5.74, 6) is 0.0573. The molecule has 1 aliphatic heterocycles. The number of ether oxygens (including phenoxy) is 1. The van der Waals surface area contributed by atoms with Crippen LogP contribution in [0.5, 0.6) is 11.6 Å². The molecule has 0 saturated carbocycles. The minimum Gasteiger partial charge on any atom is -0.497 e. The lowest BCUT2D eigenvalue weighted by Gasteiger charge is -2.27. The maximum Gasteiger partial charge on any atom is 0.322 e. The molecule has 11 nitrogen and oxygen atoms in total. The number of carbonyl (C=O) groups is 2. The first-order valence-corrected chi connectivity index (χ1v) is 12.1. The van der Waals surface area contributed by atoms with Crippen LogP contribution in [-0.2, 0) is 16.9 Å². The summed E-state index contributed by atoms with van der Waals surface area (Å²) in [7, 11) is 1.55. The number of hydrogen-bond donors (Lipinski definition) is 3. The van der Waals surface area contributed by atoms with Crippen LogP contribution in [0.2, 0.25) is 0 Å². The maximum atomic E-state index is 13.2. The number of urea groups is 1. The molecule has 1 atom stereocenters. The van der Waals surface area contributed by atoms with E-state index in [1.807, 2.05) is 22.8 Å². The molecule has 2 aromatic carbocycles. The highest BCUT2D eigenvalue weighted by molar-refractivity contribution is 6.07. The minimum atomic E-state index is -1.44. The van der Waals surface area contributed by atoms with Crippen molar-refractivity contribution in [1.29, 1.82) is 0 Å². The highest BCUT2D eigenvalue weighted by Gasteiger charge is 2.48. The molecule has 3 N–H and O–H groups in total. The molecule has 5 aromatic rings. The average molecular weight is 512 g/mol. The number of hydrogen-bond acceptors (Lipinski definition) is 7. The van der Waals surface area contributed by atoms with Crippen LogP contribution in [0.3, 0.4) is 0 Å². The summed E-state index contributed by atoms with van der Waals surface area (Å²) in [5.41, 5.74) is 2.05. The van der Waals surface area contributed by atoms with Crippen molar-refractivity contribution in [3.8, 4) is 22.9 Å². The molecule has 6 rings (SSSR count). The van der Waals surface area contributed by atoms with E-state index >= 15 is 0 Å². The smallest absolute Gasteiger partial charge is 0.322 e. The lowest BCUT2D eigenvalue weighted by Crippen LogP contribution is -2.47. The van der Waals surface area contributed by atoms with Crippen molar-refractivity contribution in [1.82, 2.24) is 34.7 Å². The Morgan fingerprint density at radius 1 is 1.08 bits per heavy atom. The number of amides is 3. The molecule has 0 unspecified atom stereocenters. The van der Waals surface area contributed by atoms with Crippen LogP contribution in [0, 0.1) is 0 Å². The van der Waals surface area contributed by atoms with E-state index in [1.54, 1.807) is 48.5 Å². The van der Waals surface area contributed by atoms with E-state index in [0.29, 0.717) is 28.0 Å². The Labute approximate surface area is 217 Å². The summed E-state index contributed by atoms with van der Waals surface area (Å²) in [6.45, 7) is 4.09. The molecule has 1 aliphatic rings. The molecule has 38 heavy (non-hydrogen) atoms. The van der Waals surface area contributed by atoms with Gasteiger partial charge in [-0.2, -0.15) is 0 Å². The van der Waals surface area contributed by atoms with Gasteiger partial charge in [-0.15, -0.1) is 0 Å². The van der Waals surface area contributed by atoms with Gasteiger partial charge in [-0.05, 0) is 37.6 Å². The number of aromatic nitrogens is 5. The van der Waals surface area contributed by atoms with Gasteiger partial charge < -0.3 is 24.3 Å². The van der Waals surface area contributed by atoms with Crippen molar-refractivity contribution in [2.75, 3.05) is 7.11 Å². The second kappa shape index (κ2) is 8.58. The highest BCUT2D eigenvalue weighted by Crippen LogP contribution is 2.36. The Morgan fingerprint density at radius 2 is 1.87 bits per heavy atom. The molecular formula is C27H25N7O4. The third-order valence-electron chi connectivity index (χ3n) is 6.99. The fraction of sp³-hybridized carbons (Fsp3) is 0.222. The average Bonchev–Trinajstić information content (AvgIpc) is 3.57. The van der Waals surface area contributed by atoms with Gasteiger partial charge in [0.25, 0.3) is 5.91 Å². The molecule has 192 valence electrons. The molecule has 0 spiro atoms. The van der Waals surface area contributed by atoms with Crippen LogP contribution >= 0.6 is 0 Å². The SMILES string of the molecule is COc1ccc2cn(C[C@@]3(c4ccc(-c5ncnc6ncn(C(C)C)c56)cc4)NC(=O)NC3=O)c(O)c2c1. The number of carbonyl (C=O) groups excluding carboxylic acids is 2. The number of aromatic hydroxyl groups is 1. The topological polar surface area (TPSA) is 136 Å². The molecule has 0 bridgehead atoms. The van der Waals surface area contributed by atoms with E-state index in [-0.39, 0.29) is 18.5 Å².